The topological polar surface area (TPSA) is 63.3 Å². The number of ether oxygens (including phenoxy) is 3. The van der Waals surface area contributed by atoms with Gasteiger partial charge in [-0.25, -0.2) is 0 Å². The molecule has 0 bridgehead atoms. The first kappa shape index (κ1) is 25.6. The highest BCUT2D eigenvalue weighted by Gasteiger charge is 2.28. The third kappa shape index (κ3) is 6.28. The molecule has 1 atom stereocenters. The highest BCUT2D eigenvalue weighted by atomic mass is 35.5. The Morgan fingerprint density at radius 1 is 1.00 bits per heavy atom. The van der Waals surface area contributed by atoms with E-state index in [1.165, 1.54) is 6.42 Å². The maximum absolute atomic E-state index is 12.7. The Hall–Kier alpha value is -1.41. The molecule has 0 spiro atoms. The van der Waals surface area contributed by atoms with Crippen LogP contribution >= 0.6 is 24.8 Å². The van der Waals surface area contributed by atoms with Crippen molar-refractivity contribution in [2.24, 2.45) is 0 Å². The number of carbonyl (C=O) groups excluding carboxylic acids is 1. The highest BCUT2D eigenvalue weighted by Crippen LogP contribution is 2.38. The monoisotopic (exact) mass is 449 g/mol. The minimum absolute atomic E-state index is 0. The van der Waals surface area contributed by atoms with Gasteiger partial charge in [0.05, 0.1) is 27.4 Å². The van der Waals surface area contributed by atoms with Crippen molar-refractivity contribution in [3.63, 3.8) is 0 Å². The maximum atomic E-state index is 12.7. The SMILES string of the molecule is COc1cc(CN2CCN(C(=O)[C@H]3CCCCN3)CC2)cc(OC)c1OC.Cl.Cl. The van der Waals surface area contributed by atoms with Crippen molar-refractivity contribution in [1.29, 1.82) is 0 Å². The lowest BCUT2D eigenvalue weighted by atomic mass is 10.0. The predicted molar refractivity (Wildman–Crippen MR) is 118 cm³/mol. The number of hydrogen-bond donors (Lipinski definition) is 1. The van der Waals surface area contributed by atoms with Gasteiger partial charge in [0.15, 0.2) is 11.5 Å². The molecule has 3 rings (SSSR count). The Morgan fingerprint density at radius 2 is 1.62 bits per heavy atom. The Kier molecular flexibility index (Phi) is 10.9. The first-order valence-electron chi connectivity index (χ1n) is 9.69. The number of hydrogen-bond acceptors (Lipinski definition) is 6. The number of nitrogens with one attached hydrogen (secondary N) is 1. The minimum Gasteiger partial charge on any atom is -0.493 e. The summed E-state index contributed by atoms with van der Waals surface area (Å²) in [6.07, 6.45) is 3.28. The number of halogens is 2. The van der Waals surface area contributed by atoms with Crippen molar-refractivity contribution >= 4 is 30.7 Å². The second kappa shape index (κ2) is 12.3. The van der Waals surface area contributed by atoms with Crippen molar-refractivity contribution in [2.45, 2.75) is 31.8 Å². The van der Waals surface area contributed by atoms with E-state index in [2.05, 4.69) is 10.2 Å². The standard InChI is InChI=1S/C20H31N3O4.2ClH/c1-25-17-12-15(13-18(26-2)19(17)27-3)14-22-8-10-23(11-9-22)20(24)16-6-4-5-7-21-16;;/h12-13,16,21H,4-11,14H2,1-3H3;2*1H/t16-;;/m1../s1. The molecule has 1 amide bonds. The Labute approximate surface area is 185 Å². The number of amides is 1. The van der Waals surface area contributed by atoms with E-state index < -0.39 is 0 Å². The van der Waals surface area contributed by atoms with Gasteiger partial charge in [-0.3, -0.25) is 9.69 Å². The summed E-state index contributed by atoms with van der Waals surface area (Å²) in [5.41, 5.74) is 1.11. The van der Waals surface area contributed by atoms with E-state index >= 15 is 0 Å². The van der Waals surface area contributed by atoms with Crippen LogP contribution in [-0.2, 0) is 11.3 Å². The Morgan fingerprint density at radius 3 is 2.10 bits per heavy atom. The summed E-state index contributed by atoms with van der Waals surface area (Å²) in [5.74, 6) is 2.22. The van der Waals surface area contributed by atoms with Crippen molar-refractivity contribution in [1.82, 2.24) is 15.1 Å². The third-order valence-electron chi connectivity index (χ3n) is 5.42. The van der Waals surface area contributed by atoms with Crippen LogP contribution in [0.25, 0.3) is 0 Å². The van der Waals surface area contributed by atoms with Crippen LogP contribution in [0.4, 0.5) is 0 Å². The molecule has 0 saturated carbocycles. The zero-order valence-corrected chi connectivity index (χ0v) is 19.1. The summed E-state index contributed by atoms with van der Waals surface area (Å²) in [4.78, 5) is 17.0. The van der Waals surface area contributed by atoms with Gasteiger partial charge < -0.3 is 24.4 Å². The second-order valence-electron chi connectivity index (χ2n) is 7.14. The van der Waals surface area contributed by atoms with E-state index in [1.54, 1.807) is 21.3 Å². The normalized spacial score (nSPS) is 19.6. The van der Waals surface area contributed by atoms with Crippen LogP contribution in [0, 0.1) is 0 Å². The summed E-state index contributed by atoms with van der Waals surface area (Å²) in [6.45, 7) is 5.05. The van der Waals surface area contributed by atoms with Crippen LogP contribution < -0.4 is 19.5 Å². The van der Waals surface area contributed by atoms with E-state index in [4.69, 9.17) is 14.2 Å². The molecule has 0 aliphatic carbocycles. The molecule has 2 heterocycles. The van der Waals surface area contributed by atoms with Gasteiger partial charge in [0.2, 0.25) is 11.7 Å². The Bertz CT molecular complexity index is 624. The van der Waals surface area contributed by atoms with Crippen LogP contribution in [0.15, 0.2) is 12.1 Å². The Balaban J connectivity index is 0.00000210. The molecule has 9 heteroatoms. The summed E-state index contributed by atoms with van der Waals surface area (Å²) in [6, 6.07) is 4.00. The van der Waals surface area contributed by atoms with Crippen LogP contribution in [0.5, 0.6) is 17.2 Å². The van der Waals surface area contributed by atoms with Gasteiger partial charge in [-0.1, -0.05) is 6.42 Å². The van der Waals surface area contributed by atoms with Gasteiger partial charge in [-0.2, -0.15) is 0 Å². The van der Waals surface area contributed by atoms with Crippen LogP contribution in [-0.4, -0.2) is 75.8 Å². The van der Waals surface area contributed by atoms with Gasteiger partial charge in [-0.15, -0.1) is 24.8 Å². The molecular formula is C20H33Cl2N3O4. The van der Waals surface area contributed by atoms with Crippen molar-refractivity contribution in [3.05, 3.63) is 17.7 Å². The van der Waals surface area contributed by atoms with Crippen LogP contribution in [0.2, 0.25) is 0 Å². The average Bonchev–Trinajstić information content (AvgIpc) is 2.73. The third-order valence-corrected chi connectivity index (χ3v) is 5.42. The van der Waals surface area contributed by atoms with E-state index in [0.717, 1.165) is 57.7 Å². The first-order valence-corrected chi connectivity index (χ1v) is 9.69. The van der Waals surface area contributed by atoms with Gasteiger partial charge in [0.25, 0.3) is 0 Å². The fourth-order valence-corrected chi connectivity index (χ4v) is 3.89. The van der Waals surface area contributed by atoms with Crippen molar-refractivity contribution in [3.8, 4) is 17.2 Å². The maximum Gasteiger partial charge on any atom is 0.239 e. The molecular weight excluding hydrogens is 417 g/mol. The highest BCUT2D eigenvalue weighted by molar-refractivity contribution is 5.85. The van der Waals surface area contributed by atoms with E-state index in [9.17, 15) is 4.79 Å². The molecule has 0 unspecified atom stereocenters. The first-order chi connectivity index (χ1) is 13.2. The number of piperidine rings is 1. The van der Waals surface area contributed by atoms with Crippen molar-refractivity contribution in [2.75, 3.05) is 54.1 Å². The number of piperazine rings is 1. The molecule has 0 radical (unpaired) electrons. The molecule has 29 heavy (non-hydrogen) atoms. The van der Waals surface area contributed by atoms with Crippen molar-refractivity contribution < 1.29 is 19.0 Å². The molecule has 2 fully saturated rings. The van der Waals surface area contributed by atoms with E-state index in [1.807, 2.05) is 17.0 Å². The largest absolute Gasteiger partial charge is 0.493 e. The zero-order chi connectivity index (χ0) is 19.2. The lowest BCUT2D eigenvalue weighted by Crippen LogP contribution is -2.54. The van der Waals surface area contributed by atoms with Crippen LogP contribution in [0.3, 0.4) is 0 Å². The molecule has 2 saturated heterocycles. The van der Waals surface area contributed by atoms with E-state index in [0.29, 0.717) is 17.2 Å². The lowest BCUT2D eigenvalue weighted by molar-refractivity contribution is -0.135. The quantitative estimate of drug-likeness (QED) is 0.718. The molecule has 2 aliphatic heterocycles. The molecule has 7 nitrogen and oxygen atoms in total. The fraction of sp³-hybridized carbons (Fsp3) is 0.650. The number of nitrogens with zero attached hydrogens (tertiary/aromatic N) is 2. The smallest absolute Gasteiger partial charge is 0.239 e. The number of methoxy groups -OCH3 is 3. The van der Waals surface area contributed by atoms with Gasteiger partial charge in [0, 0.05) is 32.7 Å². The summed E-state index contributed by atoms with van der Waals surface area (Å²) in [5, 5.41) is 3.36. The molecule has 1 aromatic carbocycles. The van der Waals surface area contributed by atoms with E-state index in [-0.39, 0.29) is 36.8 Å². The lowest BCUT2D eigenvalue weighted by Gasteiger charge is -2.37. The van der Waals surface area contributed by atoms with Crippen LogP contribution in [0.1, 0.15) is 24.8 Å². The minimum atomic E-state index is 0. The molecule has 166 valence electrons. The molecule has 1 N–H and O–H groups in total. The fourth-order valence-electron chi connectivity index (χ4n) is 3.89. The molecule has 1 aromatic rings. The number of benzene rings is 1. The molecule has 2 aliphatic rings. The predicted octanol–water partition coefficient (Wildman–Crippen LogP) is 2.34. The van der Waals surface area contributed by atoms with Gasteiger partial charge >= 0.3 is 0 Å². The summed E-state index contributed by atoms with van der Waals surface area (Å²) in [7, 11) is 4.87. The summed E-state index contributed by atoms with van der Waals surface area (Å²) >= 11 is 0. The zero-order valence-electron chi connectivity index (χ0n) is 17.4. The number of carbonyl (C=O) groups is 1. The number of rotatable bonds is 6. The summed E-state index contributed by atoms with van der Waals surface area (Å²) < 4.78 is 16.3. The average molecular weight is 450 g/mol. The van der Waals surface area contributed by atoms with Gasteiger partial charge in [0.1, 0.15) is 0 Å². The second-order valence-corrected chi connectivity index (χ2v) is 7.14. The molecule has 0 aromatic heterocycles. The van der Waals surface area contributed by atoms with Gasteiger partial charge in [-0.05, 0) is 37.1 Å².